The third-order valence-corrected chi connectivity index (χ3v) is 4.81. The molecule has 0 amide bonds. The molecule has 1 aliphatic carbocycles. The van der Waals surface area contributed by atoms with Crippen molar-refractivity contribution in [2.75, 3.05) is 0 Å². The zero-order valence-corrected chi connectivity index (χ0v) is 14.2. The Kier molecular flexibility index (Phi) is 5.48. The molecule has 0 aliphatic heterocycles. The molecule has 0 bridgehead atoms. The molecule has 1 saturated carbocycles. The Morgan fingerprint density at radius 3 is 2.81 bits per heavy atom. The number of aromatic nitrogens is 2. The van der Waals surface area contributed by atoms with Gasteiger partial charge in [0.1, 0.15) is 0 Å². The van der Waals surface area contributed by atoms with Gasteiger partial charge in [0, 0.05) is 18.7 Å². The fourth-order valence-electron chi connectivity index (χ4n) is 3.93. The quantitative estimate of drug-likeness (QED) is 0.861. The van der Waals surface area contributed by atoms with E-state index in [4.69, 9.17) is 0 Å². The summed E-state index contributed by atoms with van der Waals surface area (Å²) in [5.74, 6) is 1.41. The molecular weight excluding hydrogens is 260 g/mol. The molecule has 0 radical (unpaired) electrons. The second kappa shape index (κ2) is 6.95. The Balaban J connectivity index is 2.07. The van der Waals surface area contributed by atoms with Gasteiger partial charge in [0.15, 0.2) is 0 Å². The average molecular weight is 292 g/mol. The molecule has 0 aromatic carbocycles. The van der Waals surface area contributed by atoms with Gasteiger partial charge in [-0.15, -0.1) is 0 Å². The first-order chi connectivity index (χ1) is 9.95. The van der Waals surface area contributed by atoms with E-state index >= 15 is 0 Å². The third-order valence-electron chi connectivity index (χ3n) is 4.81. The Morgan fingerprint density at radius 1 is 1.43 bits per heavy atom. The van der Waals surface area contributed by atoms with Crippen LogP contribution in [0, 0.1) is 11.8 Å². The topological polar surface area (TPSA) is 38.0 Å². The molecule has 1 fully saturated rings. The van der Waals surface area contributed by atoms with Crippen molar-refractivity contribution in [3.05, 3.63) is 17.5 Å². The second-order valence-corrected chi connectivity index (χ2v) is 7.29. The molecule has 1 aromatic rings. The van der Waals surface area contributed by atoms with Gasteiger partial charge < -0.3 is 5.11 Å². The Morgan fingerprint density at radius 2 is 2.19 bits per heavy atom. The smallest absolute Gasteiger partial charge is 0.0705 e. The van der Waals surface area contributed by atoms with Gasteiger partial charge in [-0.2, -0.15) is 5.10 Å². The average Bonchev–Trinajstić information content (AvgIpc) is 2.79. The molecule has 2 atom stereocenters. The fourth-order valence-corrected chi connectivity index (χ4v) is 3.93. The summed E-state index contributed by atoms with van der Waals surface area (Å²) in [4.78, 5) is 0. The number of rotatable bonds is 6. The lowest BCUT2D eigenvalue weighted by Crippen LogP contribution is -2.38. The van der Waals surface area contributed by atoms with E-state index in [1.165, 1.54) is 18.5 Å². The maximum atomic E-state index is 11.1. The molecule has 1 aromatic heterocycles. The Labute approximate surface area is 129 Å². The van der Waals surface area contributed by atoms with Gasteiger partial charge in [-0.3, -0.25) is 4.68 Å². The van der Waals surface area contributed by atoms with E-state index in [-0.39, 0.29) is 0 Å². The molecule has 0 saturated heterocycles. The Bertz CT molecular complexity index is 452. The van der Waals surface area contributed by atoms with Crippen molar-refractivity contribution in [3.8, 4) is 0 Å². The van der Waals surface area contributed by atoms with Gasteiger partial charge in [-0.05, 0) is 50.5 Å². The van der Waals surface area contributed by atoms with E-state index in [2.05, 4.69) is 43.5 Å². The molecule has 1 heterocycles. The number of hydrogen-bond acceptors (Lipinski definition) is 2. The third kappa shape index (κ3) is 4.32. The van der Waals surface area contributed by atoms with Crippen molar-refractivity contribution in [1.82, 2.24) is 9.78 Å². The summed E-state index contributed by atoms with van der Waals surface area (Å²) < 4.78 is 2.07. The van der Waals surface area contributed by atoms with E-state index in [1.807, 2.05) is 0 Å². The summed E-state index contributed by atoms with van der Waals surface area (Å²) in [5.41, 5.74) is 1.84. The molecule has 21 heavy (non-hydrogen) atoms. The summed E-state index contributed by atoms with van der Waals surface area (Å²) >= 11 is 0. The lowest BCUT2D eigenvalue weighted by atomic mass is 9.73. The van der Waals surface area contributed by atoms with E-state index in [1.54, 1.807) is 0 Å². The lowest BCUT2D eigenvalue weighted by Gasteiger charge is -2.37. The van der Waals surface area contributed by atoms with Crippen LogP contribution in [0.25, 0.3) is 0 Å². The number of hydrogen-bond donors (Lipinski definition) is 1. The fraction of sp³-hybridized carbons (Fsp3) is 0.833. The summed E-state index contributed by atoms with van der Waals surface area (Å²) in [6.45, 7) is 9.73. The minimum Gasteiger partial charge on any atom is -0.389 e. The first kappa shape index (κ1) is 16.5. The van der Waals surface area contributed by atoms with E-state index in [9.17, 15) is 5.11 Å². The van der Waals surface area contributed by atoms with Crippen LogP contribution in [-0.4, -0.2) is 20.5 Å². The first-order valence-corrected chi connectivity index (χ1v) is 8.73. The highest BCUT2D eigenvalue weighted by Crippen LogP contribution is 2.37. The predicted molar refractivity (Wildman–Crippen MR) is 87.3 cm³/mol. The summed E-state index contributed by atoms with van der Waals surface area (Å²) in [6, 6.07) is 2.19. The minimum absolute atomic E-state index is 0.518. The summed E-state index contributed by atoms with van der Waals surface area (Å²) in [5, 5.41) is 15.7. The van der Waals surface area contributed by atoms with Crippen molar-refractivity contribution in [2.24, 2.45) is 11.8 Å². The van der Waals surface area contributed by atoms with Crippen LogP contribution in [0.1, 0.15) is 71.2 Å². The molecule has 2 unspecified atom stereocenters. The predicted octanol–water partition coefficient (Wildman–Crippen LogP) is 3.98. The molecule has 1 N–H and O–H groups in total. The van der Waals surface area contributed by atoms with Crippen LogP contribution in [0.2, 0.25) is 0 Å². The summed E-state index contributed by atoms with van der Waals surface area (Å²) in [7, 11) is 0. The van der Waals surface area contributed by atoms with Crippen LogP contribution < -0.4 is 0 Å². The molecule has 3 heteroatoms. The standard InChI is InChI=1S/C18H32N2O/c1-5-16-11-17(20(6-2)19-16)13-18(21)9-7-8-15(12-18)10-14(3)4/h11,14-15,21H,5-10,12-13H2,1-4H3. The highest BCUT2D eigenvalue weighted by Gasteiger charge is 2.35. The largest absolute Gasteiger partial charge is 0.389 e. The maximum absolute atomic E-state index is 11.1. The molecule has 2 rings (SSSR count). The number of aliphatic hydroxyl groups is 1. The van der Waals surface area contributed by atoms with Gasteiger partial charge in [-0.25, -0.2) is 0 Å². The van der Waals surface area contributed by atoms with Crippen molar-refractivity contribution in [2.45, 2.75) is 84.8 Å². The molecular formula is C18H32N2O. The van der Waals surface area contributed by atoms with Crippen LogP contribution in [0.4, 0.5) is 0 Å². The monoisotopic (exact) mass is 292 g/mol. The number of nitrogens with zero attached hydrogens (tertiary/aromatic N) is 2. The van der Waals surface area contributed by atoms with Crippen LogP contribution in [0.3, 0.4) is 0 Å². The van der Waals surface area contributed by atoms with Gasteiger partial charge >= 0.3 is 0 Å². The highest BCUT2D eigenvalue weighted by atomic mass is 16.3. The van der Waals surface area contributed by atoms with Crippen molar-refractivity contribution < 1.29 is 5.11 Å². The zero-order chi connectivity index (χ0) is 15.5. The Hall–Kier alpha value is -0.830. The van der Waals surface area contributed by atoms with Crippen molar-refractivity contribution in [3.63, 3.8) is 0 Å². The van der Waals surface area contributed by atoms with Crippen LogP contribution in [-0.2, 0) is 19.4 Å². The van der Waals surface area contributed by atoms with Crippen LogP contribution in [0.15, 0.2) is 6.07 Å². The van der Waals surface area contributed by atoms with Crippen LogP contribution >= 0.6 is 0 Å². The van der Waals surface area contributed by atoms with Gasteiger partial charge in [0.05, 0.1) is 11.3 Å². The van der Waals surface area contributed by atoms with Crippen molar-refractivity contribution >= 4 is 0 Å². The van der Waals surface area contributed by atoms with Gasteiger partial charge in [0.2, 0.25) is 0 Å². The summed E-state index contributed by atoms with van der Waals surface area (Å²) in [6.07, 6.45) is 7.33. The minimum atomic E-state index is -0.518. The van der Waals surface area contributed by atoms with Crippen LogP contribution in [0.5, 0.6) is 0 Å². The zero-order valence-electron chi connectivity index (χ0n) is 14.2. The number of aryl methyl sites for hydroxylation is 2. The molecule has 120 valence electrons. The SMILES string of the molecule is CCc1cc(CC2(O)CCCC(CC(C)C)C2)n(CC)n1. The second-order valence-electron chi connectivity index (χ2n) is 7.29. The van der Waals surface area contributed by atoms with E-state index in [0.717, 1.165) is 50.3 Å². The lowest BCUT2D eigenvalue weighted by molar-refractivity contribution is -0.0203. The molecule has 0 spiro atoms. The highest BCUT2D eigenvalue weighted by molar-refractivity contribution is 5.13. The molecule has 1 aliphatic rings. The van der Waals surface area contributed by atoms with E-state index < -0.39 is 5.60 Å². The molecule has 3 nitrogen and oxygen atoms in total. The normalized spacial score (nSPS) is 26.5. The van der Waals surface area contributed by atoms with Gasteiger partial charge in [-0.1, -0.05) is 33.6 Å². The van der Waals surface area contributed by atoms with E-state index in [0.29, 0.717) is 5.92 Å². The first-order valence-electron chi connectivity index (χ1n) is 8.73. The van der Waals surface area contributed by atoms with Gasteiger partial charge in [0.25, 0.3) is 0 Å². The maximum Gasteiger partial charge on any atom is 0.0705 e. The van der Waals surface area contributed by atoms with Crippen molar-refractivity contribution in [1.29, 1.82) is 0 Å².